The fraction of sp³-hybridized carbons (Fsp3) is 0.133. The van der Waals surface area contributed by atoms with Crippen LogP contribution < -0.4 is 4.74 Å². The van der Waals surface area contributed by atoms with Gasteiger partial charge in [0.2, 0.25) is 0 Å². The number of nitro benzene ring substituents is 1. The highest BCUT2D eigenvalue weighted by molar-refractivity contribution is 5.90. The number of ether oxygens (including phenoxy) is 1. The molecule has 0 saturated carbocycles. The Balaban J connectivity index is 2.63. The zero-order valence-electron chi connectivity index (χ0n) is 11.5. The molecule has 0 unspecified atom stereocenters. The lowest BCUT2D eigenvalue weighted by atomic mass is 9.97. The van der Waals surface area contributed by atoms with Gasteiger partial charge in [0.05, 0.1) is 23.2 Å². The highest BCUT2D eigenvalue weighted by Crippen LogP contribution is 2.34. The van der Waals surface area contributed by atoms with Gasteiger partial charge in [0.25, 0.3) is 5.69 Å². The predicted molar refractivity (Wildman–Crippen MR) is 76.8 cm³/mol. The van der Waals surface area contributed by atoms with Gasteiger partial charge in [-0.1, -0.05) is 6.07 Å². The molecule has 0 atom stereocenters. The van der Waals surface area contributed by atoms with Crippen LogP contribution in [0.25, 0.3) is 11.1 Å². The molecule has 2 aromatic rings. The number of carboxylic acid groups (broad SMARTS) is 1. The average Bonchev–Trinajstić information content (AvgIpc) is 2.46. The normalized spacial score (nSPS) is 10.2. The number of nitro groups is 1. The molecule has 2 aromatic carbocycles. The van der Waals surface area contributed by atoms with Crippen LogP contribution in [0.5, 0.6) is 5.75 Å². The summed E-state index contributed by atoms with van der Waals surface area (Å²) in [5, 5.41) is 20.1. The van der Waals surface area contributed by atoms with E-state index in [0.717, 1.165) is 11.6 Å². The van der Waals surface area contributed by atoms with E-state index in [1.54, 1.807) is 25.3 Å². The van der Waals surface area contributed by atoms with Gasteiger partial charge in [0.1, 0.15) is 5.75 Å². The van der Waals surface area contributed by atoms with Crippen molar-refractivity contribution >= 4 is 11.7 Å². The fourth-order valence-electron chi connectivity index (χ4n) is 2.11. The first-order chi connectivity index (χ1) is 9.93. The van der Waals surface area contributed by atoms with Crippen molar-refractivity contribution < 1.29 is 19.6 Å². The number of rotatable bonds is 4. The van der Waals surface area contributed by atoms with Gasteiger partial charge < -0.3 is 9.84 Å². The molecule has 0 radical (unpaired) electrons. The lowest BCUT2D eigenvalue weighted by molar-refractivity contribution is -0.384. The Labute approximate surface area is 120 Å². The Kier molecular flexibility index (Phi) is 3.89. The molecule has 0 bridgehead atoms. The van der Waals surface area contributed by atoms with Crippen LogP contribution in [0.3, 0.4) is 0 Å². The first kappa shape index (κ1) is 14.5. The van der Waals surface area contributed by atoms with E-state index in [0.29, 0.717) is 16.9 Å². The van der Waals surface area contributed by atoms with Crippen LogP contribution in [0.1, 0.15) is 15.9 Å². The number of nitrogens with zero attached hydrogens (tertiary/aromatic N) is 1. The van der Waals surface area contributed by atoms with Crippen molar-refractivity contribution in [1.82, 2.24) is 0 Å². The minimum atomic E-state index is -1.20. The number of hydrogen-bond donors (Lipinski definition) is 1. The van der Waals surface area contributed by atoms with E-state index >= 15 is 0 Å². The number of carbonyl (C=O) groups is 1. The van der Waals surface area contributed by atoms with Gasteiger partial charge in [-0.15, -0.1) is 0 Å². The predicted octanol–water partition coefficient (Wildman–Crippen LogP) is 3.28. The minimum absolute atomic E-state index is 0.114. The van der Waals surface area contributed by atoms with Gasteiger partial charge in [-0.3, -0.25) is 10.1 Å². The third kappa shape index (κ3) is 2.84. The van der Waals surface area contributed by atoms with Crippen molar-refractivity contribution in [2.45, 2.75) is 6.92 Å². The Morgan fingerprint density at radius 1 is 1.19 bits per heavy atom. The van der Waals surface area contributed by atoms with Crippen molar-refractivity contribution in [3.8, 4) is 16.9 Å². The number of aryl methyl sites for hydroxylation is 1. The summed E-state index contributed by atoms with van der Waals surface area (Å²) < 4.78 is 5.10. The molecule has 0 spiro atoms. The molecule has 0 aliphatic heterocycles. The summed E-state index contributed by atoms with van der Waals surface area (Å²) >= 11 is 0. The summed E-state index contributed by atoms with van der Waals surface area (Å²) in [6, 6.07) is 9.07. The summed E-state index contributed by atoms with van der Waals surface area (Å²) in [6.45, 7) is 1.81. The molecule has 0 amide bonds. The second kappa shape index (κ2) is 5.62. The van der Waals surface area contributed by atoms with Crippen molar-refractivity contribution in [3.63, 3.8) is 0 Å². The molecule has 6 nitrogen and oxygen atoms in total. The van der Waals surface area contributed by atoms with Gasteiger partial charge in [-0.25, -0.2) is 4.79 Å². The van der Waals surface area contributed by atoms with E-state index in [-0.39, 0.29) is 11.3 Å². The molecule has 108 valence electrons. The first-order valence-electron chi connectivity index (χ1n) is 6.10. The number of hydrogen-bond acceptors (Lipinski definition) is 4. The molecule has 0 saturated heterocycles. The summed E-state index contributed by atoms with van der Waals surface area (Å²) in [5.41, 5.74) is 1.50. The Hall–Kier alpha value is -2.89. The van der Waals surface area contributed by atoms with Crippen LogP contribution in [0.4, 0.5) is 5.69 Å². The third-order valence-corrected chi connectivity index (χ3v) is 3.17. The van der Waals surface area contributed by atoms with Crippen molar-refractivity contribution in [2.75, 3.05) is 7.11 Å². The van der Waals surface area contributed by atoms with E-state index in [9.17, 15) is 14.9 Å². The number of carboxylic acids is 1. The molecule has 2 rings (SSSR count). The summed E-state index contributed by atoms with van der Waals surface area (Å²) in [6.07, 6.45) is 0. The smallest absolute Gasteiger partial charge is 0.335 e. The maximum absolute atomic E-state index is 11.2. The van der Waals surface area contributed by atoms with Crippen LogP contribution >= 0.6 is 0 Å². The standard InChI is InChI=1S/C15H13NO5/c1-9-7-11(21-2)4-6-12(9)13-5-3-10(15(17)18)8-14(13)16(19)20/h3-8H,1-2H3,(H,17,18). The maximum atomic E-state index is 11.2. The van der Waals surface area contributed by atoms with Crippen molar-refractivity contribution in [2.24, 2.45) is 0 Å². The van der Waals surface area contributed by atoms with E-state index < -0.39 is 10.9 Å². The molecule has 0 aliphatic rings. The van der Waals surface area contributed by atoms with E-state index in [2.05, 4.69) is 0 Å². The van der Waals surface area contributed by atoms with Crippen LogP contribution in [0.15, 0.2) is 36.4 Å². The van der Waals surface area contributed by atoms with Crippen LogP contribution in [-0.2, 0) is 0 Å². The highest BCUT2D eigenvalue weighted by atomic mass is 16.6. The second-order valence-electron chi connectivity index (χ2n) is 4.48. The highest BCUT2D eigenvalue weighted by Gasteiger charge is 2.19. The lowest BCUT2D eigenvalue weighted by Crippen LogP contribution is -2.00. The number of methoxy groups -OCH3 is 1. The average molecular weight is 287 g/mol. The van der Waals surface area contributed by atoms with Gasteiger partial charge in [0, 0.05) is 6.07 Å². The largest absolute Gasteiger partial charge is 0.497 e. The fourth-order valence-corrected chi connectivity index (χ4v) is 2.11. The monoisotopic (exact) mass is 287 g/mol. The summed E-state index contributed by atoms with van der Waals surface area (Å²) in [7, 11) is 1.54. The topological polar surface area (TPSA) is 89.7 Å². The van der Waals surface area contributed by atoms with E-state index in [1.807, 2.05) is 6.92 Å². The van der Waals surface area contributed by atoms with Gasteiger partial charge >= 0.3 is 5.97 Å². The number of aromatic carboxylic acids is 1. The zero-order chi connectivity index (χ0) is 15.6. The first-order valence-corrected chi connectivity index (χ1v) is 6.10. The van der Waals surface area contributed by atoms with Gasteiger partial charge in [0.15, 0.2) is 0 Å². The molecule has 0 aliphatic carbocycles. The molecule has 0 fully saturated rings. The molecule has 6 heteroatoms. The lowest BCUT2D eigenvalue weighted by Gasteiger charge is -2.09. The zero-order valence-corrected chi connectivity index (χ0v) is 11.5. The van der Waals surface area contributed by atoms with Crippen molar-refractivity contribution in [1.29, 1.82) is 0 Å². The van der Waals surface area contributed by atoms with Crippen LogP contribution in [0, 0.1) is 17.0 Å². The Morgan fingerprint density at radius 2 is 1.86 bits per heavy atom. The van der Waals surface area contributed by atoms with Gasteiger partial charge in [-0.2, -0.15) is 0 Å². The van der Waals surface area contributed by atoms with Crippen LogP contribution in [-0.4, -0.2) is 23.1 Å². The molecule has 0 heterocycles. The quantitative estimate of drug-likeness (QED) is 0.688. The molecular weight excluding hydrogens is 274 g/mol. The maximum Gasteiger partial charge on any atom is 0.335 e. The Morgan fingerprint density at radius 3 is 2.38 bits per heavy atom. The minimum Gasteiger partial charge on any atom is -0.497 e. The van der Waals surface area contributed by atoms with E-state index in [4.69, 9.17) is 9.84 Å². The summed E-state index contributed by atoms with van der Waals surface area (Å²) in [4.78, 5) is 21.5. The second-order valence-corrected chi connectivity index (χ2v) is 4.48. The SMILES string of the molecule is COc1ccc(-c2ccc(C(=O)O)cc2[N+](=O)[O-])c(C)c1. The number of benzene rings is 2. The summed E-state index contributed by atoms with van der Waals surface area (Å²) in [5.74, 6) is -0.544. The van der Waals surface area contributed by atoms with Crippen LogP contribution in [0.2, 0.25) is 0 Å². The Bertz CT molecular complexity index is 724. The molecule has 21 heavy (non-hydrogen) atoms. The van der Waals surface area contributed by atoms with E-state index in [1.165, 1.54) is 12.1 Å². The third-order valence-electron chi connectivity index (χ3n) is 3.17. The van der Waals surface area contributed by atoms with Crippen molar-refractivity contribution in [3.05, 3.63) is 57.6 Å². The molecule has 0 aromatic heterocycles. The molecular formula is C15H13NO5. The molecule has 1 N–H and O–H groups in total. The van der Waals surface area contributed by atoms with Gasteiger partial charge in [-0.05, 0) is 42.3 Å².